The molecule has 0 radical (unpaired) electrons. The molecule has 0 aliphatic heterocycles. The summed E-state index contributed by atoms with van der Waals surface area (Å²) in [5, 5.41) is 28.9. The molecule has 32 heavy (non-hydrogen) atoms. The van der Waals surface area contributed by atoms with Crippen molar-refractivity contribution < 1.29 is 19.8 Å². The van der Waals surface area contributed by atoms with Gasteiger partial charge in [0.15, 0.2) is 0 Å². The van der Waals surface area contributed by atoms with Crippen molar-refractivity contribution >= 4 is 42.5 Å². The summed E-state index contributed by atoms with van der Waals surface area (Å²) in [6.45, 7) is 0. The van der Waals surface area contributed by atoms with Gasteiger partial charge < -0.3 is 15.9 Å². The van der Waals surface area contributed by atoms with E-state index < -0.39 is 11.9 Å². The van der Waals surface area contributed by atoms with Gasteiger partial charge in [-0.15, -0.1) is 5.10 Å². The lowest BCUT2D eigenvalue weighted by atomic mass is 10.1. The van der Waals surface area contributed by atoms with Crippen molar-refractivity contribution in [1.29, 1.82) is 0 Å². The maximum absolute atomic E-state index is 10.5. The van der Waals surface area contributed by atoms with Gasteiger partial charge >= 0.3 is 11.9 Å². The fraction of sp³-hybridized carbons (Fsp3) is 0.0870. The van der Waals surface area contributed by atoms with Crippen molar-refractivity contribution in [2.45, 2.75) is 12.8 Å². The van der Waals surface area contributed by atoms with Crippen LogP contribution in [-0.4, -0.2) is 40.5 Å². The molecule has 5 N–H and O–H groups in total. The number of carboxylic acid groups (broad SMARTS) is 2. The van der Waals surface area contributed by atoms with Crippen molar-refractivity contribution in [2.75, 3.05) is 0 Å². The Hall–Kier alpha value is -4.53. The van der Waals surface area contributed by atoms with Gasteiger partial charge in [0.2, 0.25) is 5.96 Å². The summed E-state index contributed by atoms with van der Waals surface area (Å²) in [4.78, 5) is 21.0. The van der Waals surface area contributed by atoms with E-state index in [1.807, 2.05) is 48.5 Å². The third kappa shape index (κ3) is 9.79. The van der Waals surface area contributed by atoms with Crippen molar-refractivity contribution in [3.8, 4) is 0 Å². The van der Waals surface area contributed by atoms with Crippen LogP contribution in [0.2, 0.25) is 0 Å². The maximum atomic E-state index is 10.5. The van der Waals surface area contributed by atoms with Crippen LogP contribution in [0, 0.1) is 0 Å². The molecule has 2 rings (SSSR count). The Morgan fingerprint density at radius 1 is 0.781 bits per heavy atom. The largest absolute Gasteiger partial charge is 0.481 e. The average Bonchev–Trinajstić information content (AvgIpc) is 2.75. The number of rotatable bonds is 10. The van der Waals surface area contributed by atoms with E-state index in [1.165, 1.54) is 6.21 Å². The number of aliphatic carboxylic acids is 2. The highest BCUT2D eigenvalue weighted by atomic mass is 16.4. The van der Waals surface area contributed by atoms with E-state index in [0.717, 1.165) is 22.3 Å². The topological polar surface area (TPSA) is 150 Å². The smallest absolute Gasteiger partial charge is 0.307 e. The van der Waals surface area contributed by atoms with Crippen molar-refractivity contribution in [1.82, 2.24) is 5.43 Å². The lowest BCUT2D eigenvalue weighted by Crippen LogP contribution is -2.26. The van der Waals surface area contributed by atoms with Gasteiger partial charge in [0.05, 0.1) is 25.3 Å². The summed E-state index contributed by atoms with van der Waals surface area (Å²) in [7, 11) is 0. The van der Waals surface area contributed by atoms with E-state index in [0.29, 0.717) is 0 Å². The Labute approximate surface area is 185 Å². The predicted molar refractivity (Wildman–Crippen MR) is 125 cm³/mol. The minimum absolute atomic E-state index is 0.0129. The van der Waals surface area contributed by atoms with Gasteiger partial charge in [0, 0.05) is 0 Å². The number of hydrogen-bond acceptors (Lipinski definition) is 5. The molecule has 0 saturated heterocycles. The molecule has 0 unspecified atom stereocenters. The molecular formula is C23H23N5O4. The number of guanidine groups is 1. The molecule has 0 fully saturated rings. The highest BCUT2D eigenvalue weighted by molar-refractivity contribution is 5.84. The molecule has 0 atom stereocenters. The molecule has 9 nitrogen and oxygen atoms in total. The summed E-state index contributed by atoms with van der Waals surface area (Å²) in [6.07, 6.45) is 9.67. The van der Waals surface area contributed by atoms with Crippen LogP contribution in [0.5, 0.6) is 0 Å². The zero-order valence-corrected chi connectivity index (χ0v) is 17.1. The van der Waals surface area contributed by atoms with E-state index in [-0.39, 0.29) is 18.8 Å². The summed E-state index contributed by atoms with van der Waals surface area (Å²) < 4.78 is 0. The van der Waals surface area contributed by atoms with Crippen LogP contribution in [0.3, 0.4) is 0 Å². The highest BCUT2D eigenvalue weighted by Gasteiger charge is 1.94. The Morgan fingerprint density at radius 2 is 1.22 bits per heavy atom. The predicted octanol–water partition coefficient (Wildman–Crippen LogP) is 2.93. The SMILES string of the molecule is N/C(=N\N=Cc1ccc(C=CCC(=O)O)cc1)NN=Cc1ccc(C=CCC(=O)O)cc1. The summed E-state index contributed by atoms with van der Waals surface area (Å²) in [5.41, 5.74) is 11.7. The van der Waals surface area contributed by atoms with Gasteiger partial charge in [-0.05, 0) is 22.3 Å². The van der Waals surface area contributed by atoms with Gasteiger partial charge in [-0.2, -0.15) is 10.2 Å². The molecule has 2 aromatic rings. The fourth-order valence-electron chi connectivity index (χ4n) is 2.33. The molecule has 0 heterocycles. The van der Waals surface area contributed by atoms with Gasteiger partial charge in [0.1, 0.15) is 0 Å². The molecule has 0 aliphatic carbocycles. The van der Waals surface area contributed by atoms with E-state index in [4.69, 9.17) is 15.9 Å². The number of nitrogens with zero attached hydrogens (tertiary/aromatic N) is 3. The molecule has 0 aliphatic rings. The number of nitrogens with two attached hydrogens (primary N) is 1. The fourth-order valence-corrected chi connectivity index (χ4v) is 2.33. The lowest BCUT2D eigenvalue weighted by Gasteiger charge is -1.98. The van der Waals surface area contributed by atoms with Crippen LogP contribution in [0.25, 0.3) is 12.2 Å². The summed E-state index contributed by atoms with van der Waals surface area (Å²) in [5.74, 6) is -1.74. The monoisotopic (exact) mass is 433 g/mol. The number of nitrogens with one attached hydrogen (secondary N) is 1. The van der Waals surface area contributed by atoms with Crippen molar-refractivity contribution in [3.05, 3.63) is 82.9 Å². The van der Waals surface area contributed by atoms with Crippen LogP contribution in [0.4, 0.5) is 0 Å². The number of hydrazone groups is 1. The Morgan fingerprint density at radius 3 is 1.69 bits per heavy atom. The highest BCUT2D eigenvalue weighted by Crippen LogP contribution is 2.06. The summed E-state index contributed by atoms with van der Waals surface area (Å²) >= 11 is 0. The first-order chi connectivity index (χ1) is 15.4. The van der Waals surface area contributed by atoms with Crippen LogP contribution in [0.1, 0.15) is 35.1 Å². The number of benzene rings is 2. The van der Waals surface area contributed by atoms with Crippen LogP contribution in [0.15, 0.2) is 76.0 Å². The summed E-state index contributed by atoms with van der Waals surface area (Å²) in [6, 6.07) is 14.7. The quantitative estimate of drug-likeness (QED) is 0.257. The molecule has 2 aromatic carbocycles. The van der Waals surface area contributed by atoms with Gasteiger partial charge in [-0.1, -0.05) is 72.8 Å². The second-order valence-electron chi connectivity index (χ2n) is 6.43. The van der Waals surface area contributed by atoms with Crippen molar-refractivity contribution in [2.24, 2.45) is 21.0 Å². The molecule has 0 spiro atoms. The third-order valence-corrected chi connectivity index (χ3v) is 3.84. The second-order valence-corrected chi connectivity index (χ2v) is 6.43. The van der Waals surface area contributed by atoms with Gasteiger partial charge in [-0.3, -0.25) is 9.59 Å². The van der Waals surface area contributed by atoms with E-state index in [2.05, 4.69) is 20.7 Å². The zero-order valence-electron chi connectivity index (χ0n) is 17.1. The Bertz CT molecular complexity index is 1050. The first-order valence-corrected chi connectivity index (χ1v) is 9.55. The Kier molecular flexibility index (Phi) is 9.58. The number of carboxylic acids is 2. The Balaban J connectivity index is 1.82. The standard InChI is InChI=1S/C23H23N5O4/c24-23(27-25-15-19-11-7-17(8-12-19)3-1-5-21(29)30)28-26-16-20-13-9-18(10-14-20)4-2-6-22(31)32/h1-4,7-16H,5-6H2,(H,29,30)(H,31,32)(H3,24,27,28). The van der Waals surface area contributed by atoms with Gasteiger partial charge in [0.25, 0.3) is 0 Å². The average molecular weight is 433 g/mol. The van der Waals surface area contributed by atoms with Crippen molar-refractivity contribution in [3.63, 3.8) is 0 Å². The molecule has 164 valence electrons. The van der Waals surface area contributed by atoms with Crippen LogP contribution < -0.4 is 11.2 Å². The van der Waals surface area contributed by atoms with Gasteiger partial charge in [-0.25, -0.2) is 5.43 Å². The number of hydrogen-bond donors (Lipinski definition) is 4. The second kappa shape index (κ2) is 12.9. The first kappa shape index (κ1) is 23.7. The van der Waals surface area contributed by atoms with Crippen LogP contribution in [-0.2, 0) is 9.59 Å². The molecule has 0 aromatic heterocycles. The third-order valence-electron chi connectivity index (χ3n) is 3.84. The lowest BCUT2D eigenvalue weighted by molar-refractivity contribution is -0.137. The molecular weight excluding hydrogens is 410 g/mol. The number of carbonyl (C=O) groups is 2. The molecule has 0 amide bonds. The van der Waals surface area contributed by atoms with E-state index >= 15 is 0 Å². The van der Waals surface area contributed by atoms with E-state index in [1.54, 1.807) is 30.5 Å². The minimum Gasteiger partial charge on any atom is -0.481 e. The van der Waals surface area contributed by atoms with Crippen LogP contribution >= 0.6 is 0 Å². The maximum Gasteiger partial charge on any atom is 0.307 e. The normalized spacial score (nSPS) is 12.3. The first-order valence-electron chi connectivity index (χ1n) is 9.55. The minimum atomic E-state index is -0.876. The molecule has 0 bridgehead atoms. The molecule has 0 saturated carbocycles. The zero-order chi connectivity index (χ0) is 23.2. The van der Waals surface area contributed by atoms with E-state index in [9.17, 15) is 9.59 Å². The molecule has 9 heteroatoms.